The summed E-state index contributed by atoms with van der Waals surface area (Å²) in [4.78, 5) is 7.11. The van der Waals surface area contributed by atoms with Gasteiger partial charge in [0.25, 0.3) is 0 Å². The number of hydrogen-bond acceptors (Lipinski definition) is 3. The second kappa shape index (κ2) is 7.71. The SMILES string of the molecule is CC(COc1c2c(nc3ccc(Cl)cc13)CCCCC2)CN(C)C. The molecule has 1 aliphatic rings. The van der Waals surface area contributed by atoms with Crippen molar-refractivity contribution >= 4 is 22.5 Å². The molecule has 0 saturated heterocycles. The molecule has 0 spiro atoms. The summed E-state index contributed by atoms with van der Waals surface area (Å²) in [7, 11) is 4.20. The predicted octanol–water partition coefficient (Wildman–Crippen LogP) is 4.73. The molecule has 24 heavy (non-hydrogen) atoms. The maximum atomic E-state index is 6.37. The predicted molar refractivity (Wildman–Crippen MR) is 101 cm³/mol. The summed E-state index contributed by atoms with van der Waals surface area (Å²) in [5.74, 6) is 1.49. The van der Waals surface area contributed by atoms with Crippen LogP contribution in [0.15, 0.2) is 18.2 Å². The highest BCUT2D eigenvalue weighted by atomic mass is 35.5. The van der Waals surface area contributed by atoms with Gasteiger partial charge in [-0.3, -0.25) is 4.98 Å². The van der Waals surface area contributed by atoms with E-state index in [1.54, 1.807) is 0 Å². The fraction of sp³-hybridized carbons (Fsp3) is 0.550. The quantitative estimate of drug-likeness (QED) is 0.731. The van der Waals surface area contributed by atoms with Crippen LogP contribution in [0.5, 0.6) is 5.75 Å². The number of rotatable bonds is 5. The fourth-order valence-corrected chi connectivity index (χ4v) is 3.77. The van der Waals surface area contributed by atoms with Crippen LogP contribution >= 0.6 is 11.6 Å². The van der Waals surface area contributed by atoms with Gasteiger partial charge in [0.05, 0.1) is 12.1 Å². The molecule has 1 aromatic carbocycles. The van der Waals surface area contributed by atoms with Gasteiger partial charge in [-0.1, -0.05) is 24.9 Å². The maximum absolute atomic E-state index is 6.37. The van der Waals surface area contributed by atoms with E-state index in [1.165, 1.54) is 30.5 Å². The molecule has 4 heteroatoms. The molecule has 1 unspecified atom stereocenters. The van der Waals surface area contributed by atoms with Crippen molar-refractivity contribution in [2.75, 3.05) is 27.2 Å². The molecule has 0 aliphatic heterocycles. The Morgan fingerprint density at radius 1 is 1.21 bits per heavy atom. The number of pyridine rings is 1. The molecule has 3 rings (SSSR count). The number of hydrogen-bond donors (Lipinski definition) is 0. The molecule has 1 aromatic heterocycles. The third-order valence-electron chi connectivity index (χ3n) is 4.61. The topological polar surface area (TPSA) is 25.4 Å². The van der Waals surface area contributed by atoms with Gasteiger partial charge < -0.3 is 9.64 Å². The van der Waals surface area contributed by atoms with E-state index in [0.717, 1.165) is 47.7 Å². The van der Waals surface area contributed by atoms with Crippen molar-refractivity contribution in [3.05, 3.63) is 34.5 Å². The molecule has 3 nitrogen and oxygen atoms in total. The second-order valence-electron chi connectivity index (χ2n) is 7.27. The summed E-state index contributed by atoms with van der Waals surface area (Å²) in [5.41, 5.74) is 3.52. The number of fused-ring (bicyclic) bond motifs is 2. The van der Waals surface area contributed by atoms with E-state index in [4.69, 9.17) is 21.3 Å². The minimum atomic E-state index is 0.476. The average molecular weight is 347 g/mol. The number of benzene rings is 1. The van der Waals surface area contributed by atoms with Crippen LogP contribution in [0.2, 0.25) is 5.02 Å². The maximum Gasteiger partial charge on any atom is 0.133 e. The molecule has 0 fully saturated rings. The van der Waals surface area contributed by atoms with Gasteiger partial charge in [0, 0.05) is 34.1 Å². The van der Waals surface area contributed by atoms with Gasteiger partial charge in [0.1, 0.15) is 5.75 Å². The minimum absolute atomic E-state index is 0.476. The van der Waals surface area contributed by atoms with E-state index in [1.807, 2.05) is 18.2 Å². The Balaban J connectivity index is 1.99. The number of nitrogens with zero attached hydrogens (tertiary/aromatic N) is 2. The highest BCUT2D eigenvalue weighted by molar-refractivity contribution is 6.31. The summed E-state index contributed by atoms with van der Waals surface area (Å²) < 4.78 is 6.37. The van der Waals surface area contributed by atoms with Gasteiger partial charge in [-0.05, 0) is 58.0 Å². The zero-order chi connectivity index (χ0) is 17.1. The first kappa shape index (κ1) is 17.5. The molecule has 0 N–H and O–H groups in total. The third-order valence-corrected chi connectivity index (χ3v) is 4.85. The van der Waals surface area contributed by atoms with E-state index in [9.17, 15) is 0 Å². The van der Waals surface area contributed by atoms with E-state index < -0.39 is 0 Å². The first-order valence-electron chi connectivity index (χ1n) is 8.93. The molecule has 0 bridgehead atoms. The van der Waals surface area contributed by atoms with Crippen molar-refractivity contribution in [3.8, 4) is 5.75 Å². The van der Waals surface area contributed by atoms with Gasteiger partial charge in [0.15, 0.2) is 0 Å². The van der Waals surface area contributed by atoms with Crippen LogP contribution in [0.3, 0.4) is 0 Å². The van der Waals surface area contributed by atoms with Gasteiger partial charge in [-0.2, -0.15) is 0 Å². The summed E-state index contributed by atoms with van der Waals surface area (Å²) in [6.07, 6.45) is 5.81. The Kier molecular flexibility index (Phi) is 5.62. The first-order valence-corrected chi connectivity index (χ1v) is 9.31. The van der Waals surface area contributed by atoms with E-state index in [-0.39, 0.29) is 0 Å². The zero-order valence-electron chi connectivity index (χ0n) is 14.9. The van der Waals surface area contributed by atoms with Crippen LogP contribution in [0.1, 0.15) is 37.4 Å². The lowest BCUT2D eigenvalue weighted by Gasteiger charge is -2.21. The van der Waals surface area contributed by atoms with Crippen molar-refractivity contribution < 1.29 is 4.74 Å². The fourth-order valence-electron chi connectivity index (χ4n) is 3.60. The zero-order valence-corrected chi connectivity index (χ0v) is 15.7. The van der Waals surface area contributed by atoms with Crippen LogP contribution in [-0.4, -0.2) is 37.1 Å². The number of aromatic nitrogens is 1. The molecule has 0 radical (unpaired) electrons. The lowest BCUT2D eigenvalue weighted by atomic mass is 10.0. The Morgan fingerprint density at radius 3 is 2.79 bits per heavy atom. The molecule has 130 valence electrons. The summed E-state index contributed by atoms with van der Waals surface area (Å²) in [5, 5.41) is 1.80. The Morgan fingerprint density at radius 2 is 2.00 bits per heavy atom. The molecule has 0 saturated carbocycles. The molecule has 1 atom stereocenters. The van der Waals surface area contributed by atoms with Crippen molar-refractivity contribution in [2.45, 2.75) is 39.0 Å². The van der Waals surface area contributed by atoms with Crippen LogP contribution in [0.25, 0.3) is 10.9 Å². The van der Waals surface area contributed by atoms with E-state index >= 15 is 0 Å². The Bertz CT molecular complexity index is 714. The average Bonchev–Trinajstić information content (AvgIpc) is 2.76. The van der Waals surface area contributed by atoms with Crippen molar-refractivity contribution in [2.24, 2.45) is 5.92 Å². The number of ether oxygens (including phenoxy) is 1. The van der Waals surface area contributed by atoms with Crippen molar-refractivity contribution in [1.82, 2.24) is 9.88 Å². The van der Waals surface area contributed by atoms with Crippen molar-refractivity contribution in [1.29, 1.82) is 0 Å². The van der Waals surface area contributed by atoms with Gasteiger partial charge in [0.2, 0.25) is 0 Å². The van der Waals surface area contributed by atoms with E-state index in [2.05, 4.69) is 25.9 Å². The van der Waals surface area contributed by atoms with Gasteiger partial charge >= 0.3 is 0 Å². The normalized spacial score (nSPS) is 16.0. The largest absolute Gasteiger partial charge is 0.492 e. The molecule has 1 aliphatic carbocycles. The summed E-state index contributed by atoms with van der Waals surface area (Å²) >= 11 is 6.25. The van der Waals surface area contributed by atoms with Crippen LogP contribution in [0, 0.1) is 5.92 Å². The highest BCUT2D eigenvalue weighted by Gasteiger charge is 2.19. The lowest BCUT2D eigenvalue weighted by molar-refractivity contribution is 0.222. The standard InChI is InChI=1S/C20H27ClN2O/c1-14(12-23(2)3)13-24-20-16-7-5-4-6-8-18(16)22-19-10-9-15(21)11-17(19)20/h9-11,14H,4-8,12-13H2,1-3H3. The Hall–Kier alpha value is -1.32. The van der Waals surface area contributed by atoms with Gasteiger partial charge in [-0.15, -0.1) is 0 Å². The molecular weight excluding hydrogens is 320 g/mol. The third kappa shape index (κ3) is 4.01. The van der Waals surface area contributed by atoms with Crippen LogP contribution < -0.4 is 4.74 Å². The monoisotopic (exact) mass is 346 g/mol. The molecular formula is C20H27ClN2O. The summed E-state index contributed by atoms with van der Waals surface area (Å²) in [6, 6.07) is 5.93. The molecule has 1 heterocycles. The van der Waals surface area contributed by atoms with Crippen molar-refractivity contribution in [3.63, 3.8) is 0 Å². The first-order chi connectivity index (χ1) is 11.5. The van der Waals surface area contributed by atoms with Crippen LogP contribution in [-0.2, 0) is 12.8 Å². The van der Waals surface area contributed by atoms with Gasteiger partial charge in [-0.25, -0.2) is 0 Å². The summed E-state index contributed by atoms with van der Waals surface area (Å²) in [6.45, 7) is 3.97. The Labute approximate surface area is 150 Å². The second-order valence-corrected chi connectivity index (χ2v) is 7.70. The minimum Gasteiger partial charge on any atom is -0.492 e. The molecule has 2 aromatic rings. The number of halogens is 1. The molecule has 0 amide bonds. The van der Waals surface area contributed by atoms with E-state index in [0.29, 0.717) is 5.92 Å². The highest BCUT2D eigenvalue weighted by Crippen LogP contribution is 2.36. The smallest absolute Gasteiger partial charge is 0.133 e. The lowest BCUT2D eigenvalue weighted by Crippen LogP contribution is -2.24. The van der Waals surface area contributed by atoms with Crippen LogP contribution in [0.4, 0.5) is 0 Å². The number of aryl methyl sites for hydroxylation is 1.